The van der Waals surface area contributed by atoms with Crippen molar-refractivity contribution in [2.75, 3.05) is 17.6 Å². The molecule has 0 aliphatic heterocycles. The number of anilines is 1. The highest BCUT2D eigenvalue weighted by molar-refractivity contribution is 8.00. The Morgan fingerprint density at radius 1 is 1.19 bits per heavy atom. The number of hydrogen-bond acceptors (Lipinski definition) is 2. The quantitative estimate of drug-likeness (QED) is 0.809. The van der Waals surface area contributed by atoms with Crippen molar-refractivity contribution in [1.29, 1.82) is 0 Å². The number of halogens is 5. The number of alkyl halides is 3. The highest BCUT2D eigenvalue weighted by Crippen LogP contribution is 2.30. The van der Waals surface area contributed by atoms with Crippen molar-refractivity contribution in [1.82, 2.24) is 0 Å². The molecule has 0 aliphatic carbocycles. The molecule has 0 heterocycles. The summed E-state index contributed by atoms with van der Waals surface area (Å²) in [4.78, 5) is 0. The molecule has 0 aliphatic rings. The van der Waals surface area contributed by atoms with Crippen molar-refractivity contribution in [3.8, 4) is 0 Å². The zero-order chi connectivity index (χ0) is 12.2. The van der Waals surface area contributed by atoms with Crippen LogP contribution in [0.2, 0.25) is 10.0 Å². The van der Waals surface area contributed by atoms with Gasteiger partial charge in [-0.1, -0.05) is 23.2 Å². The molecule has 0 spiro atoms. The highest BCUT2D eigenvalue weighted by Gasteiger charge is 2.27. The van der Waals surface area contributed by atoms with E-state index in [-0.39, 0.29) is 24.1 Å². The second-order valence-electron chi connectivity index (χ2n) is 2.85. The summed E-state index contributed by atoms with van der Waals surface area (Å²) < 4.78 is 35.4. The molecule has 0 bridgehead atoms. The SMILES string of the molecule is FC(F)(F)SCCNc1ccc(Cl)c(Cl)c1. The highest BCUT2D eigenvalue weighted by atomic mass is 35.5. The van der Waals surface area contributed by atoms with Crippen molar-refractivity contribution in [3.63, 3.8) is 0 Å². The maximum Gasteiger partial charge on any atom is 0.441 e. The monoisotopic (exact) mass is 289 g/mol. The molecule has 0 saturated carbocycles. The lowest BCUT2D eigenvalue weighted by molar-refractivity contribution is -0.0327. The van der Waals surface area contributed by atoms with E-state index in [0.717, 1.165) is 0 Å². The van der Waals surface area contributed by atoms with Crippen molar-refractivity contribution >= 4 is 40.7 Å². The van der Waals surface area contributed by atoms with E-state index in [1.807, 2.05) is 0 Å². The molecule has 0 amide bonds. The van der Waals surface area contributed by atoms with Crippen LogP contribution in [-0.4, -0.2) is 17.8 Å². The first-order valence-electron chi connectivity index (χ1n) is 4.28. The largest absolute Gasteiger partial charge is 0.441 e. The fraction of sp³-hybridized carbons (Fsp3) is 0.333. The summed E-state index contributed by atoms with van der Waals surface area (Å²) in [5.74, 6) is -0.0518. The molecule has 1 rings (SSSR count). The Hall–Kier alpha value is -0.260. The third-order valence-corrected chi connectivity index (χ3v) is 3.09. The second kappa shape index (κ2) is 5.89. The van der Waals surface area contributed by atoms with E-state index in [9.17, 15) is 13.2 Å². The van der Waals surface area contributed by atoms with Gasteiger partial charge >= 0.3 is 5.51 Å². The average molecular weight is 290 g/mol. The van der Waals surface area contributed by atoms with Crippen molar-refractivity contribution in [3.05, 3.63) is 28.2 Å². The van der Waals surface area contributed by atoms with Gasteiger partial charge in [0.05, 0.1) is 10.0 Å². The van der Waals surface area contributed by atoms with Crippen LogP contribution in [0.4, 0.5) is 18.9 Å². The Morgan fingerprint density at radius 3 is 2.44 bits per heavy atom. The molecule has 0 aromatic heterocycles. The summed E-state index contributed by atoms with van der Waals surface area (Å²) in [5, 5.41) is 3.61. The molecule has 0 unspecified atom stereocenters. The molecular weight excluding hydrogens is 282 g/mol. The van der Waals surface area contributed by atoms with Crippen LogP contribution in [0.5, 0.6) is 0 Å². The van der Waals surface area contributed by atoms with Gasteiger partial charge in [0, 0.05) is 18.0 Å². The standard InChI is InChI=1S/C9H8Cl2F3NS/c10-7-2-1-6(5-8(7)11)15-3-4-16-9(12,13)14/h1-2,5,15H,3-4H2. The zero-order valence-corrected chi connectivity index (χ0v) is 10.3. The van der Waals surface area contributed by atoms with E-state index in [2.05, 4.69) is 5.32 Å². The molecule has 0 radical (unpaired) electrons. The fourth-order valence-electron chi connectivity index (χ4n) is 0.968. The molecule has 1 aromatic rings. The zero-order valence-electron chi connectivity index (χ0n) is 7.94. The second-order valence-corrected chi connectivity index (χ2v) is 4.82. The molecule has 1 nitrogen and oxygen atoms in total. The number of benzene rings is 1. The van der Waals surface area contributed by atoms with Crippen LogP contribution in [-0.2, 0) is 0 Å². The molecule has 1 N–H and O–H groups in total. The summed E-state index contributed by atoms with van der Waals surface area (Å²) in [7, 11) is 0. The van der Waals surface area contributed by atoms with Crippen LogP contribution in [0.15, 0.2) is 18.2 Å². The summed E-state index contributed by atoms with van der Waals surface area (Å²) in [6.45, 7) is 0.210. The van der Waals surface area contributed by atoms with Crippen LogP contribution in [0.25, 0.3) is 0 Å². The summed E-state index contributed by atoms with van der Waals surface area (Å²) in [6, 6.07) is 4.82. The minimum absolute atomic E-state index is 0.0518. The smallest absolute Gasteiger partial charge is 0.384 e. The Labute approximate surface area is 105 Å². The Balaban J connectivity index is 2.35. The summed E-state index contributed by atoms with van der Waals surface area (Å²) >= 11 is 11.4. The first-order valence-corrected chi connectivity index (χ1v) is 6.02. The maximum absolute atomic E-state index is 11.8. The van der Waals surface area contributed by atoms with E-state index in [1.54, 1.807) is 18.2 Å². The number of rotatable bonds is 4. The first-order chi connectivity index (χ1) is 7.38. The predicted molar refractivity (Wildman–Crippen MR) is 63.5 cm³/mol. The minimum Gasteiger partial charge on any atom is -0.384 e. The predicted octanol–water partition coefficient (Wildman–Crippen LogP) is 4.66. The van der Waals surface area contributed by atoms with Gasteiger partial charge in [-0.25, -0.2) is 0 Å². The average Bonchev–Trinajstić information content (AvgIpc) is 2.17. The normalized spacial score (nSPS) is 11.6. The fourth-order valence-corrected chi connectivity index (χ4v) is 1.70. The third kappa shape index (κ3) is 5.18. The lowest BCUT2D eigenvalue weighted by atomic mass is 10.3. The van der Waals surface area contributed by atoms with Gasteiger partial charge in [-0.3, -0.25) is 0 Å². The molecule has 0 saturated heterocycles. The van der Waals surface area contributed by atoms with Crippen molar-refractivity contribution in [2.24, 2.45) is 0 Å². The number of nitrogens with one attached hydrogen (secondary N) is 1. The minimum atomic E-state index is -4.18. The van der Waals surface area contributed by atoms with Gasteiger partial charge in [0.15, 0.2) is 0 Å². The molecule has 0 atom stereocenters. The molecule has 1 aromatic carbocycles. The van der Waals surface area contributed by atoms with E-state index < -0.39 is 5.51 Å². The number of hydrogen-bond donors (Lipinski definition) is 1. The maximum atomic E-state index is 11.8. The van der Waals surface area contributed by atoms with Gasteiger partial charge in [-0.05, 0) is 30.0 Å². The molecular formula is C9H8Cl2F3NS. The van der Waals surface area contributed by atoms with Crippen LogP contribution in [0.3, 0.4) is 0 Å². The van der Waals surface area contributed by atoms with Gasteiger partial charge in [0.1, 0.15) is 0 Å². The van der Waals surface area contributed by atoms with E-state index in [0.29, 0.717) is 15.7 Å². The van der Waals surface area contributed by atoms with Gasteiger partial charge in [0.25, 0.3) is 0 Å². The van der Waals surface area contributed by atoms with Crippen LogP contribution < -0.4 is 5.32 Å². The van der Waals surface area contributed by atoms with Gasteiger partial charge < -0.3 is 5.32 Å². The third-order valence-electron chi connectivity index (χ3n) is 1.62. The summed E-state index contributed by atoms with van der Waals surface area (Å²) in [6.07, 6.45) is 0. The van der Waals surface area contributed by atoms with E-state index >= 15 is 0 Å². The van der Waals surface area contributed by atoms with E-state index in [1.165, 1.54) is 0 Å². The molecule has 0 fully saturated rings. The Bertz CT molecular complexity index is 357. The van der Waals surface area contributed by atoms with Crippen LogP contribution in [0.1, 0.15) is 0 Å². The Kier molecular flexibility index (Phi) is 5.08. The molecule has 7 heteroatoms. The van der Waals surface area contributed by atoms with E-state index in [4.69, 9.17) is 23.2 Å². The van der Waals surface area contributed by atoms with Gasteiger partial charge in [-0.15, -0.1) is 0 Å². The first kappa shape index (κ1) is 13.8. The van der Waals surface area contributed by atoms with Gasteiger partial charge in [-0.2, -0.15) is 13.2 Å². The molecule has 16 heavy (non-hydrogen) atoms. The lowest BCUT2D eigenvalue weighted by Gasteiger charge is -2.08. The Morgan fingerprint density at radius 2 is 1.88 bits per heavy atom. The lowest BCUT2D eigenvalue weighted by Crippen LogP contribution is -2.09. The van der Waals surface area contributed by atoms with Crippen LogP contribution in [0, 0.1) is 0 Å². The van der Waals surface area contributed by atoms with Crippen LogP contribution >= 0.6 is 35.0 Å². The summed E-state index contributed by atoms with van der Waals surface area (Å²) in [5.41, 5.74) is -3.53. The van der Waals surface area contributed by atoms with Crippen molar-refractivity contribution in [2.45, 2.75) is 5.51 Å². The van der Waals surface area contributed by atoms with Crippen molar-refractivity contribution < 1.29 is 13.2 Å². The molecule has 90 valence electrons. The number of thioether (sulfide) groups is 1. The topological polar surface area (TPSA) is 12.0 Å². The van der Waals surface area contributed by atoms with Gasteiger partial charge in [0.2, 0.25) is 0 Å².